The Morgan fingerprint density at radius 3 is 2.50 bits per heavy atom. The van der Waals surface area contributed by atoms with Crippen molar-refractivity contribution < 1.29 is 14.7 Å². The zero-order valence-corrected chi connectivity index (χ0v) is 15.0. The van der Waals surface area contributed by atoms with E-state index < -0.39 is 5.97 Å². The van der Waals surface area contributed by atoms with Crippen molar-refractivity contribution in [1.29, 1.82) is 0 Å². The van der Waals surface area contributed by atoms with Crippen LogP contribution in [0.3, 0.4) is 0 Å². The third-order valence-electron chi connectivity index (χ3n) is 5.12. The molecule has 1 aromatic carbocycles. The van der Waals surface area contributed by atoms with Gasteiger partial charge in [-0.15, -0.1) is 0 Å². The predicted octanol–water partition coefficient (Wildman–Crippen LogP) is 2.87. The molecule has 26 heavy (non-hydrogen) atoms. The van der Waals surface area contributed by atoms with Crippen LogP contribution in [0.4, 0.5) is 0 Å². The van der Waals surface area contributed by atoms with Gasteiger partial charge in [0.25, 0.3) is 5.91 Å². The molecule has 1 aliphatic rings. The summed E-state index contributed by atoms with van der Waals surface area (Å²) in [5.74, 6) is -1.12. The summed E-state index contributed by atoms with van der Waals surface area (Å²) in [5.41, 5.74) is 2.68. The van der Waals surface area contributed by atoms with Gasteiger partial charge in [-0.3, -0.25) is 14.3 Å². The molecule has 1 aliphatic carbocycles. The van der Waals surface area contributed by atoms with Crippen molar-refractivity contribution in [2.24, 2.45) is 5.92 Å². The summed E-state index contributed by atoms with van der Waals surface area (Å²) in [6, 6.07) is 10.1. The van der Waals surface area contributed by atoms with E-state index >= 15 is 0 Å². The first-order valence-corrected chi connectivity index (χ1v) is 9.20. The SMILES string of the molecule is CCc1c(C(=O)NC2CCC(C(=O)O)CC2)cnn1Cc1ccccc1. The Bertz CT molecular complexity index is 762. The monoisotopic (exact) mass is 355 g/mol. The van der Waals surface area contributed by atoms with Crippen LogP contribution in [0.5, 0.6) is 0 Å². The lowest BCUT2D eigenvalue weighted by atomic mass is 9.86. The van der Waals surface area contributed by atoms with Crippen LogP contribution >= 0.6 is 0 Å². The molecule has 1 aromatic heterocycles. The highest BCUT2D eigenvalue weighted by molar-refractivity contribution is 5.95. The maximum absolute atomic E-state index is 12.7. The summed E-state index contributed by atoms with van der Waals surface area (Å²) in [4.78, 5) is 23.7. The zero-order chi connectivity index (χ0) is 18.5. The van der Waals surface area contributed by atoms with E-state index in [0.717, 1.165) is 17.7 Å². The lowest BCUT2D eigenvalue weighted by molar-refractivity contribution is -0.142. The average molecular weight is 355 g/mol. The van der Waals surface area contributed by atoms with Gasteiger partial charge >= 0.3 is 5.97 Å². The maximum atomic E-state index is 12.7. The lowest BCUT2D eigenvalue weighted by Crippen LogP contribution is -2.39. The van der Waals surface area contributed by atoms with Crippen LogP contribution in [0.15, 0.2) is 36.5 Å². The molecule has 1 amide bonds. The molecule has 6 heteroatoms. The number of hydrogen-bond acceptors (Lipinski definition) is 3. The van der Waals surface area contributed by atoms with E-state index in [1.165, 1.54) is 0 Å². The van der Waals surface area contributed by atoms with E-state index in [4.69, 9.17) is 5.11 Å². The van der Waals surface area contributed by atoms with Crippen molar-refractivity contribution in [2.45, 2.75) is 51.6 Å². The molecule has 0 bridgehead atoms. The van der Waals surface area contributed by atoms with Crippen LogP contribution < -0.4 is 5.32 Å². The van der Waals surface area contributed by atoms with Crippen molar-refractivity contribution in [3.8, 4) is 0 Å². The summed E-state index contributed by atoms with van der Waals surface area (Å²) in [5, 5.41) is 16.5. The van der Waals surface area contributed by atoms with Gasteiger partial charge in [-0.25, -0.2) is 0 Å². The lowest BCUT2D eigenvalue weighted by Gasteiger charge is -2.26. The van der Waals surface area contributed by atoms with Crippen LogP contribution in [0.2, 0.25) is 0 Å². The van der Waals surface area contributed by atoms with Gasteiger partial charge in [0, 0.05) is 6.04 Å². The molecular weight excluding hydrogens is 330 g/mol. The molecular formula is C20H25N3O3. The minimum Gasteiger partial charge on any atom is -0.481 e. The fourth-order valence-corrected chi connectivity index (χ4v) is 3.61. The van der Waals surface area contributed by atoms with Crippen molar-refractivity contribution >= 4 is 11.9 Å². The Balaban J connectivity index is 1.65. The molecule has 0 unspecified atom stereocenters. The Labute approximate surface area is 153 Å². The molecule has 6 nitrogen and oxygen atoms in total. The Morgan fingerprint density at radius 1 is 1.19 bits per heavy atom. The maximum Gasteiger partial charge on any atom is 0.306 e. The molecule has 1 saturated carbocycles. The van der Waals surface area contributed by atoms with Crippen molar-refractivity contribution in [3.63, 3.8) is 0 Å². The number of amides is 1. The minimum atomic E-state index is -0.731. The summed E-state index contributed by atoms with van der Waals surface area (Å²) in [6.45, 7) is 2.66. The van der Waals surface area contributed by atoms with Gasteiger partial charge in [-0.05, 0) is 37.7 Å². The van der Waals surface area contributed by atoms with E-state index in [1.54, 1.807) is 6.20 Å². The van der Waals surface area contributed by atoms with Crippen molar-refractivity contribution in [2.75, 3.05) is 0 Å². The van der Waals surface area contributed by atoms with Gasteiger partial charge in [0.05, 0.1) is 29.9 Å². The molecule has 0 saturated heterocycles. The van der Waals surface area contributed by atoms with Crippen LogP contribution in [0.25, 0.3) is 0 Å². The Kier molecular flexibility index (Phi) is 5.71. The van der Waals surface area contributed by atoms with E-state index in [1.807, 2.05) is 41.9 Å². The fourth-order valence-electron chi connectivity index (χ4n) is 3.61. The number of rotatable bonds is 6. The van der Waals surface area contributed by atoms with Crippen molar-refractivity contribution in [1.82, 2.24) is 15.1 Å². The highest BCUT2D eigenvalue weighted by Gasteiger charge is 2.27. The molecule has 2 N–H and O–H groups in total. The van der Waals surface area contributed by atoms with Gasteiger partial charge in [-0.1, -0.05) is 37.3 Å². The Morgan fingerprint density at radius 2 is 1.88 bits per heavy atom. The quantitative estimate of drug-likeness (QED) is 0.834. The zero-order valence-electron chi connectivity index (χ0n) is 15.0. The molecule has 0 atom stereocenters. The fraction of sp³-hybridized carbons (Fsp3) is 0.450. The topological polar surface area (TPSA) is 84.2 Å². The van der Waals surface area contributed by atoms with Gasteiger partial charge < -0.3 is 10.4 Å². The molecule has 2 aromatic rings. The molecule has 0 spiro atoms. The summed E-state index contributed by atoms with van der Waals surface area (Å²) >= 11 is 0. The second-order valence-electron chi connectivity index (χ2n) is 6.86. The molecule has 0 aliphatic heterocycles. The third-order valence-corrected chi connectivity index (χ3v) is 5.12. The first-order valence-electron chi connectivity index (χ1n) is 9.20. The average Bonchev–Trinajstić information content (AvgIpc) is 3.05. The predicted molar refractivity (Wildman–Crippen MR) is 98.0 cm³/mol. The standard InChI is InChI=1S/C20H25N3O3/c1-2-18-17(12-21-23(18)13-14-6-4-3-5-7-14)19(24)22-16-10-8-15(9-11-16)20(25)26/h3-7,12,15-16H,2,8-11,13H2,1H3,(H,22,24)(H,25,26). The van der Waals surface area contributed by atoms with Crippen LogP contribution in [-0.2, 0) is 17.8 Å². The number of hydrogen-bond donors (Lipinski definition) is 2. The first-order chi connectivity index (χ1) is 12.6. The van der Waals surface area contributed by atoms with E-state index in [2.05, 4.69) is 10.4 Å². The second kappa shape index (κ2) is 8.17. The third kappa shape index (κ3) is 4.12. The number of carbonyl (C=O) groups is 2. The number of benzene rings is 1. The summed E-state index contributed by atoms with van der Waals surface area (Å²) < 4.78 is 1.88. The number of carbonyl (C=O) groups excluding carboxylic acids is 1. The molecule has 0 radical (unpaired) electrons. The van der Waals surface area contributed by atoms with Gasteiger partial charge in [0.2, 0.25) is 0 Å². The van der Waals surface area contributed by atoms with Crippen LogP contribution in [-0.4, -0.2) is 32.8 Å². The highest BCUT2D eigenvalue weighted by atomic mass is 16.4. The number of aliphatic carboxylic acids is 1. The summed E-state index contributed by atoms with van der Waals surface area (Å²) in [6.07, 6.45) is 5.02. The smallest absolute Gasteiger partial charge is 0.306 e. The minimum absolute atomic E-state index is 0.0419. The normalized spacial score (nSPS) is 19.9. The van der Waals surface area contributed by atoms with Gasteiger partial charge in [0.1, 0.15) is 0 Å². The highest BCUT2D eigenvalue weighted by Crippen LogP contribution is 2.25. The van der Waals surface area contributed by atoms with Gasteiger partial charge in [0.15, 0.2) is 0 Å². The largest absolute Gasteiger partial charge is 0.481 e. The second-order valence-corrected chi connectivity index (χ2v) is 6.86. The molecule has 138 valence electrons. The molecule has 3 rings (SSSR count). The molecule has 1 heterocycles. The van der Waals surface area contributed by atoms with E-state index in [-0.39, 0.29) is 17.9 Å². The summed E-state index contributed by atoms with van der Waals surface area (Å²) in [7, 11) is 0. The number of nitrogens with zero attached hydrogens (tertiary/aromatic N) is 2. The number of carboxylic acid groups (broad SMARTS) is 1. The van der Waals surface area contributed by atoms with E-state index in [0.29, 0.717) is 37.8 Å². The first kappa shape index (κ1) is 18.2. The van der Waals surface area contributed by atoms with Crippen molar-refractivity contribution in [3.05, 3.63) is 53.3 Å². The van der Waals surface area contributed by atoms with E-state index in [9.17, 15) is 9.59 Å². The number of carboxylic acids is 1. The number of nitrogens with one attached hydrogen (secondary N) is 1. The van der Waals surface area contributed by atoms with Crippen LogP contribution in [0.1, 0.15) is 54.2 Å². The molecule has 1 fully saturated rings. The Hall–Kier alpha value is -2.63. The number of aromatic nitrogens is 2. The van der Waals surface area contributed by atoms with Crippen LogP contribution in [0, 0.1) is 5.92 Å². The van der Waals surface area contributed by atoms with Gasteiger partial charge in [-0.2, -0.15) is 5.10 Å².